The van der Waals surface area contributed by atoms with Gasteiger partial charge in [0.05, 0.1) is 6.04 Å². The lowest BCUT2D eigenvalue weighted by atomic mass is 9.87. The van der Waals surface area contributed by atoms with Gasteiger partial charge in [-0.15, -0.1) is 0 Å². The van der Waals surface area contributed by atoms with Gasteiger partial charge in [-0.25, -0.2) is 0 Å². The lowest BCUT2D eigenvalue weighted by molar-refractivity contribution is -0.138. The number of carboxylic acids is 1. The van der Waals surface area contributed by atoms with Gasteiger partial charge >= 0.3 is 5.97 Å². The number of amides is 1. The number of carbonyl (C=O) groups excluding carboxylic acids is 1. The van der Waals surface area contributed by atoms with Crippen LogP contribution in [0.15, 0.2) is 0 Å². The predicted molar refractivity (Wildman–Crippen MR) is 66.5 cm³/mol. The van der Waals surface area contributed by atoms with Crippen molar-refractivity contribution in [1.82, 2.24) is 5.32 Å². The number of hydrogen-bond donors (Lipinski definition) is 3. The van der Waals surface area contributed by atoms with E-state index in [0.29, 0.717) is 6.54 Å². The van der Waals surface area contributed by atoms with E-state index in [1.54, 1.807) is 0 Å². The molecule has 17 heavy (non-hydrogen) atoms. The second-order valence-electron chi connectivity index (χ2n) is 5.46. The minimum absolute atomic E-state index is 0.0383. The number of rotatable bonds is 6. The Morgan fingerprint density at radius 3 is 2.24 bits per heavy atom. The number of carboxylic acid groups (broad SMARTS) is 1. The summed E-state index contributed by atoms with van der Waals surface area (Å²) in [4.78, 5) is 22.3. The van der Waals surface area contributed by atoms with Crippen LogP contribution in [0.5, 0.6) is 0 Å². The van der Waals surface area contributed by atoms with Crippen molar-refractivity contribution in [3.63, 3.8) is 0 Å². The smallest absolute Gasteiger partial charge is 0.303 e. The van der Waals surface area contributed by atoms with E-state index in [4.69, 9.17) is 10.8 Å². The zero-order valence-corrected chi connectivity index (χ0v) is 11.1. The van der Waals surface area contributed by atoms with E-state index in [0.717, 1.165) is 6.42 Å². The monoisotopic (exact) mass is 244 g/mol. The standard InChI is InChI=1S/C12H24N2O3/c1-5-8(6-9(15)16)7-14-11(17)10(13)12(2,3)4/h8,10H,5-7,13H2,1-4H3,(H,14,17)(H,15,16)/t8?,10-/m1/s1. The highest BCUT2D eigenvalue weighted by Gasteiger charge is 2.27. The highest BCUT2D eigenvalue weighted by molar-refractivity contribution is 5.82. The average Bonchev–Trinajstić information content (AvgIpc) is 2.20. The third kappa shape index (κ3) is 6.26. The van der Waals surface area contributed by atoms with Crippen molar-refractivity contribution in [2.24, 2.45) is 17.1 Å². The Kier molecular flexibility index (Phi) is 6.16. The molecule has 0 aliphatic carbocycles. The summed E-state index contributed by atoms with van der Waals surface area (Å²) >= 11 is 0. The van der Waals surface area contributed by atoms with Gasteiger partial charge in [0.25, 0.3) is 0 Å². The van der Waals surface area contributed by atoms with Gasteiger partial charge in [-0.1, -0.05) is 34.1 Å². The van der Waals surface area contributed by atoms with Crippen molar-refractivity contribution in [2.75, 3.05) is 6.54 Å². The van der Waals surface area contributed by atoms with E-state index in [1.165, 1.54) is 0 Å². The Balaban J connectivity index is 4.18. The molecule has 0 saturated carbocycles. The van der Waals surface area contributed by atoms with Crippen LogP contribution in [0.4, 0.5) is 0 Å². The predicted octanol–water partition coefficient (Wildman–Crippen LogP) is 0.977. The van der Waals surface area contributed by atoms with Crippen molar-refractivity contribution < 1.29 is 14.7 Å². The summed E-state index contributed by atoms with van der Waals surface area (Å²) < 4.78 is 0. The topological polar surface area (TPSA) is 92.4 Å². The first-order chi connectivity index (χ1) is 7.68. The molecule has 0 aromatic heterocycles. The maximum absolute atomic E-state index is 11.7. The molecule has 5 nitrogen and oxygen atoms in total. The molecule has 0 aliphatic heterocycles. The second kappa shape index (κ2) is 6.59. The van der Waals surface area contributed by atoms with Crippen LogP contribution in [-0.4, -0.2) is 29.6 Å². The number of hydrogen-bond acceptors (Lipinski definition) is 3. The molecule has 0 fully saturated rings. The number of nitrogens with one attached hydrogen (secondary N) is 1. The maximum Gasteiger partial charge on any atom is 0.303 e. The van der Waals surface area contributed by atoms with Crippen LogP contribution in [0.1, 0.15) is 40.5 Å². The van der Waals surface area contributed by atoms with Gasteiger partial charge in [0.2, 0.25) is 5.91 Å². The molecule has 0 radical (unpaired) electrons. The molecule has 2 atom stereocenters. The van der Waals surface area contributed by atoms with Crippen LogP contribution in [0, 0.1) is 11.3 Å². The first-order valence-corrected chi connectivity index (χ1v) is 5.93. The van der Waals surface area contributed by atoms with Crippen LogP contribution < -0.4 is 11.1 Å². The van der Waals surface area contributed by atoms with E-state index in [2.05, 4.69) is 5.32 Å². The molecule has 1 amide bonds. The largest absolute Gasteiger partial charge is 0.481 e. The number of nitrogens with two attached hydrogens (primary N) is 1. The Bertz CT molecular complexity index is 271. The minimum Gasteiger partial charge on any atom is -0.481 e. The quantitative estimate of drug-likeness (QED) is 0.649. The highest BCUT2D eigenvalue weighted by Crippen LogP contribution is 2.17. The Hall–Kier alpha value is -1.10. The summed E-state index contributed by atoms with van der Waals surface area (Å²) in [5.41, 5.74) is 5.50. The fourth-order valence-electron chi connectivity index (χ4n) is 1.36. The van der Waals surface area contributed by atoms with Gasteiger partial charge in [-0.3, -0.25) is 9.59 Å². The van der Waals surface area contributed by atoms with E-state index < -0.39 is 12.0 Å². The van der Waals surface area contributed by atoms with Gasteiger partial charge in [0.15, 0.2) is 0 Å². The normalized spacial score (nSPS) is 15.1. The minimum atomic E-state index is -0.841. The van der Waals surface area contributed by atoms with Gasteiger partial charge < -0.3 is 16.2 Å². The van der Waals surface area contributed by atoms with Crippen molar-refractivity contribution in [3.05, 3.63) is 0 Å². The second-order valence-corrected chi connectivity index (χ2v) is 5.46. The highest BCUT2D eigenvalue weighted by atomic mass is 16.4. The van der Waals surface area contributed by atoms with Crippen molar-refractivity contribution in [2.45, 2.75) is 46.6 Å². The summed E-state index contributed by atoms with van der Waals surface area (Å²) in [6, 6.07) is -0.579. The van der Waals surface area contributed by atoms with Crippen LogP contribution >= 0.6 is 0 Å². The molecule has 0 aromatic rings. The summed E-state index contributed by atoms with van der Waals surface area (Å²) in [7, 11) is 0. The molecule has 1 unspecified atom stereocenters. The van der Waals surface area contributed by atoms with Gasteiger partial charge in [0.1, 0.15) is 0 Å². The van der Waals surface area contributed by atoms with E-state index in [1.807, 2.05) is 27.7 Å². The number of carbonyl (C=O) groups is 2. The summed E-state index contributed by atoms with van der Waals surface area (Å²) in [5, 5.41) is 11.4. The summed E-state index contributed by atoms with van der Waals surface area (Å²) in [5.74, 6) is -1.10. The molecular weight excluding hydrogens is 220 g/mol. The SMILES string of the molecule is CCC(CNC(=O)[C@@H](N)C(C)(C)C)CC(=O)O. The number of aliphatic carboxylic acids is 1. The lowest BCUT2D eigenvalue weighted by Crippen LogP contribution is -2.49. The maximum atomic E-state index is 11.7. The van der Waals surface area contributed by atoms with E-state index >= 15 is 0 Å². The van der Waals surface area contributed by atoms with Crippen LogP contribution in [0.2, 0.25) is 0 Å². The fourth-order valence-corrected chi connectivity index (χ4v) is 1.36. The van der Waals surface area contributed by atoms with E-state index in [9.17, 15) is 9.59 Å². The molecule has 0 spiro atoms. The third-order valence-electron chi connectivity index (χ3n) is 2.82. The van der Waals surface area contributed by atoms with Crippen LogP contribution in [-0.2, 0) is 9.59 Å². The average molecular weight is 244 g/mol. The van der Waals surface area contributed by atoms with Crippen molar-refractivity contribution in [3.8, 4) is 0 Å². The van der Waals surface area contributed by atoms with Crippen molar-refractivity contribution in [1.29, 1.82) is 0 Å². The van der Waals surface area contributed by atoms with Crippen molar-refractivity contribution >= 4 is 11.9 Å². The molecule has 0 rings (SSSR count). The zero-order valence-electron chi connectivity index (χ0n) is 11.1. The molecular formula is C12H24N2O3. The molecule has 0 saturated heterocycles. The van der Waals surface area contributed by atoms with Gasteiger partial charge in [-0.05, 0) is 11.3 Å². The first kappa shape index (κ1) is 15.9. The zero-order chi connectivity index (χ0) is 13.6. The molecule has 0 aromatic carbocycles. The van der Waals surface area contributed by atoms with E-state index in [-0.39, 0.29) is 23.7 Å². The molecule has 100 valence electrons. The first-order valence-electron chi connectivity index (χ1n) is 5.93. The molecule has 0 aliphatic rings. The fraction of sp³-hybridized carbons (Fsp3) is 0.833. The lowest BCUT2D eigenvalue weighted by Gasteiger charge is -2.26. The Morgan fingerprint density at radius 2 is 1.88 bits per heavy atom. The van der Waals surface area contributed by atoms with Gasteiger partial charge in [0, 0.05) is 13.0 Å². The molecule has 4 N–H and O–H groups in total. The Morgan fingerprint density at radius 1 is 1.35 bits per heavy atom. The Labute approximate surface area is 103 Å². The van der Waals surface area contributed by atoms with Crippen LogP contribution in [0.3, 0.4) is 0 Å². The third-order valence-corrected chi connectivity index (χ3v) is 2.82. The molecule has 5 heteroatoms. The summed E-state index contributed by atoms with van der Waals surface area (Å²) in [6.45, 7) is 7.96. The van der Waals surface area contributed by atoms with Gasteiger partial charge in [-0.2, -0.15) is 0 Å². The summed E-state index contributed by atoms with van der Waals surface area (Å²) in [6.07, 6.45) is 0.791. The molecule has 0 bridgehead atoms. The van der Waals surface area contributed by atoms with Crippen LogP contribution in [0.25, 0.3) is 0 Å². The molecule has 0 heterocycles.